The molecular formula is C27H32N6O. The van der Waals surface area contributed by atoms with Gasteiger partial charge in [-0.2, -0.15) is 5.10 Å². The molecule has 0 unspecified atom stereocenters. The minimum Gasteiger partial charge on any atom is -0.508 e. The van der Waals surface area contributed by atoms with Crippen LogP contribution in [0.15, 0.2) is 54.6 Å². The number of aromatic nitrogens is 4. The first kappa shape index (κ1) is 22.3. The van der Waals surface area contributed by atoms with Crippen molar-refractivity contribution in [2.75, 3.05) is 31.1 Å². The summed E-state index contributed by atoms with van der Waals surface area (Å²) in [5.74, 6) is 2.69. The molecule has 0 radical (unpaired) electrons. The zero-order valence-corrected chi connectivity index (χ0v) is 20.1. The van der Waals surface area contributed by atoms with Gasteiger partial charge in [-0.1, -0.05) is 50.2 Å². The molecule has 0 atom stereocenters. The molecule has 0 bridgehead atoms. The number of nitrogens with zero attached hydrogens (tertiary/aromatic N) is 6. The molecule has 4 aromatic rings. The van der Waals surface area contributed by atoms with E-state index in [0.29, 0.717) is 11.7 Å². The molecule has 34 heavy (non-hydrogen) atoms. The smallest absolute Gasteiger partial charge is 0.168 e. The third kappa shape index (κ3) is 4.48. The highest BCUT2D eigenvalue weighted by Gasteiger charge is 2.25. The van der Waals surface area contributed by atoms with Crippen molar-refractivity contribution in [2.45, 2.75) is 33.7 Å². The lowest BCUT2D eigenvalue weighted by Crippen LogP contribution is -2.46. The molecule has 5 rings (SSSR count). The summed E-state index contributed by atoms with van der Waals surface area (Å²) < 4.78 is 1.95. The number of piperazine rings is 1. The number of para-hydroxylation sites is 2. The minimum absolute atomic E-state index is 0.365. The second-order valence-corrected chi connectivity index (χ2v) is 9.48. The van der Waals surface area contributed by atoms with Crippen molar-refractivity contribution in [3.05, 3.63) is 71.7 Å². The summed E-state index contributed by atoms with van der Waals surface area (Å²) in [7, 11) is 0. The van der Waals surface area contributed by atoms with Gasteiger partial charge in [0, 0.05) is 44.7 Å². The Morgan fingerprint density at radius 2 is 1.62 bits per heavy atom. The van der Waals surface area contributed by atoms with E-state index in [2.05, 4.69) is 35.8 Å². The Balaban J connectivity index is 1.47. The van der Waals surface area contributed by atoms with Crippen LogP contribution in [0.3, 0.4) is 0 Å². The normalized spacial score (nSPS) is 14.9. The lowest BCUT2D eigenvalue weighted by molar-refractivity contribution is 0.246. The van der Waals surface area contributed by atoms with Crippen LogP contribution in [0.2, 0.25) is 0 Å². The van der Waals surface area contributed by atoms with Crippen molar-refractivity contribution in [2.24, 2.45) is 5.92 Å². The van der Waals surface area contributed by atoms with E-state index >= 15 is 0 Å². The van der Waals surface area contributed by atoms with Gasteiger partial charge in [0.15, 0.2) is 5.65 Å². The summed E-state index contributed by atoms with van der Waals surface area (Å²) in [6.07, 6.45) is 0.829. The Hall–Kier alpha value is -3.45. The van der Waals surface area contributed by atoms with Crippen molar-refractivity contribution >= 4 is 16.9 Å². The molecule has 3 heterocycles. The van der Waals surface area contributed by atoms with Gasteiger partial charge in [0.05, 0.1) is 16.8 Å². The standard InChI is InChI=1S/C27H32N6O/c1-19(2)17-24-28-26(25-20(3)30-33(27(25)29-24)22-10-5-4-6-11-22)32-15-13-31(14-16-32)18-21-9-7-8-12-23(21)34/h4-12,19,34H,13-18H2,1-3H3. The van der Waals surface area contributed by atoms with Crippen LogP contribution < -0.4 is 4.90 Å². The Bertz CT molecular complexity index is 1280. The lowest BCUT2D eigenvalue weighted by Gasteiger charge is -2.36. The van der Waals surface area contributed by atoms with Crippen LogP contribution in [0.5, 0.6) is 5.75 Å². The maximum Gasteiger partial charge on any atom is 0.168 e. The number of fused-ring (bicyclic) bond motifs is 1. The monoisotopic (exact) mass is 456 g/mol. The first-order chi connectivity index (χ1) is 16.5. The fraction of sp³-hybridized carbons (Fsp3) is 0.370. The summed E-state index contributed by atoms with van der Waals surface area (Å²) in [6.45, 7) is 10.8. The molecule has 7 nitrogen and oxygen atoms in total. The van der Waals surface area contributed by atoms with Crippen LogP contribution in [0.4, 0.5) is 5.82 Å². The van der Waals surface area contributed by atoms with Crippen molar-refractivity contribution in [1.29, 1.82) is 0 Å². The van der Waals surface area contributed by atoms with Gasteiger partial charge < -0.3 is 10.0 Å². The van der Waals surface area contributed by atoms with Crippen LogP contribution in [0.1, 0.15) is 30.9 Å². The number of phenolic OH excluding ortho intramolecular Hbond substituents is 1. The SMILES string of the molecule is Cc1nn(-c2ccccc2)c2nc(CC(C)C)nc(N3CCN(Cc4ccccc4O)CC3)c12. The van der Waals surface area contributed by atoms with Crippen LogP contribution in [-0.2, 0) is 13.0 Å². The van der Waals surface area contributed by atoms with E-state index in [4.69, 9.17) is 15.1 Å². The number of rotatable bonds is 6. The average Bonchev–Trinajstić information content (AvgIpc) is 3.17. The van der Waals surface area contributed by atoms with Gasteiger partial charge in [-0.3, -0.25) is 4.90 Å². The Labute approximate surface area is 200 Å². The van der Waals surface area contributed by atoms with Crippen molar-refractivity contribution < 1.29 is 5.11 Å². The zero-order chi connectivity index (χ0) is 23.7. The molecule has 1 N–H and O–H groups in total. The number of hydrogen-bond donors (Lipinski definition) is 1. The lowest BCUT2D eigenvalue weighted by atomic mass is 10.1. The molecule has 2 aromatic carbocycles. The molecule has 7 heteroatoms. The maximum atomic E-state index is 10.2. The van der Waals surface area contributed by atoms with Crippen LogP contribution in [0.25, 0.3) is 16.7 Å². The van der Waals surface area contributed by atoms with Gasteiger partial charge in [-0.25, -0.2) is 14.6 Å². The highest BCUT2D eigenvalue weighted by Crippen LogP contribution is 2.30. The fourth-order valence-corrected chi connectivity index (χ4v) is 4.64. The van der Waals surface area contributed by atoms with Crippen molar-refractivity contribution in [3.8, 4) is 11.4 Å². The van der Waals surface area contributed by atoms with E-state index in [0.717, 1.165) is 78.8 Å². The van der Waals surface area contributed by atoms with E-state index < -0.39 is 0 Å². The second-order valence-electron chi connectivity index (χ2n) is 9.48. The molecule has 1 saturated heterocycles. The molecule has 1 aliphatic heterocycles. The predicted molar refractivity (Wildman–Crippen MR) is 136 cm³/mol. The zero-order valence-electron chi connectivity index (χ0n) is 20.1. The van der Waals surface area contributed by atoms with Gasteiger partial charge in [-0.05, 0) is 31.0 Å². The molecule has 0 aliphatic carbocycles. The quantitative estimate of drug-likeness (QED) is 0.465. The van der Waals surface area contributed by atoms with Crippen LogP contribution in [0, 0.1) is 12.8 Å². The number of aromatic hydroxyl groups is 1. The number of hydrogen-bond acceptors (Lipinski definition) is 6. The largest absolute Gasteiger partial charge is 0.508 e. The van der Waals surface area contributed by atoms with Crippen LogP contribution >= 0.6 is 0 Å². The number of benzene rings is 2. The van der Waals surface area contributed by atoms with Gasteiger partial charge in [0.25, 0.3) is 0 Å². The van der Waals surface area contributed by atoms with Gasteiger partial charge in [-0.15, -0.1) is 0 Å². The highest BCUT2D eigenvalue weighted by molar-refractivity contribution is 5.91. The molecule has 0 amide bonds. The summed E-state index contributed by atoms with van der Waals surface area (Å²) in [5, 5.41) is 16.1. The second kappa shape index (κ2) is 9.43. The number of aryl methyl sites for hydroxylation is 1. The number of anilines is 1. The van der Waals surface area contributed by atoms with Crippen molar-refractivity contribution in [3.63, 3.8) is 0 Å². The molecule has 1 aliphatic rings. The van der Waals surface area contributed by atoms with E-state index in [1.165, 1.54) is 0 Å². The fourth-order valence-electron chi connectivity index (χ4n) is 4.64. The molecular weight excluding hydrogens is 424 g/mol. The Kier molecular flexibility index (Phi) is 6.20. The molecule has 2 aromatic heterocycles. The first-order valence-electron chi connectivity index (χ1n) is 12.1. The minimum atomic E-state index is 0.365. The highest BCUT2D eigenvalue weighted by atomic mass is 16.3. The van der Waals surface area contributed by atoms with E-state index in [1.54, 1.807) is 6.07 Å². The first-order valence-corrected chi connectivity index (χ1v) is 12.1. The van der Waals surface area contributed by atoms with E-state index in [9.17, 15) is 5.11 Å². The van der Waals surface area contributed by atoms with E-state index in [1.807, 2.05) is 48.0 Å². The molecule has 1 fully saturated rings. The summed E-state index contributed by atoms with van der Waals surface area (Å²) in [4.78, 5) is 14.8. The predicted octanol–water partition coefficient (Wildman–Crippen LogP) is 4.35. The molecule has 176 valence electrons. The topological polar surface area (TPSA) is 70.3 Å². The third-order valence-electron chi connectivity index (χ3n) is 6.38. The van der Waals surface area contributed by atoms with Gasteiger partial charge in [0.2, 0.25) is 0 Å². The van der Waals surface area contributed by atoms with E-state index in [-0.39, 0.29) is 0 Å². The third-order valence-corrected chi connectivity index (χ3v) is 6.38. The Morgan fingerprint density at radius 1 is 0.912 bits per heavy atom. The average molecular weight is 457 g/mol. The van der Waals surface area contributed by atoms with Gasteiger partial charge in [0.1, 0.15) is 17.4 Å². The Morgan fingerprint density at radius 3 is 2.32 bits per heavy atom. The summed E-state index contributed by atoms with van der Waals surface area (Å²) >= 11 is 0. The van der Waals surface area contributed by atoms with Crippen LogP contribution in [-0.4, -0.2) is 55.9 Å². The van der Waals surface area contributed by atoms with Crippen molar-refractivity contribution in [1.82, 2.24) is 24.6 Å². The summed E-state index contributed by atoms with van der Waals surface area (Å²) in [5.41, 5.74) is 3.80. The maximum absolute atomic E-state index is 10.2. The molecule has 0 saturated carbocycles. The molecule has 0 spiro atoms. The van der Waals surface area contributed by atoms with Gasteiger partial charge >= 0.3 is 0 Å². The summed E-state index contributed by atoms with van der Waals surface area (Å²) in [6, 6.07) is 17.8. The number of phenols is 1.